The van der Waals surface area contributed by atoms with E-state index < -0.39 is 12.7 Å². The molecule has 1 rings (SSSR count). The molecule has 82 valence electrons. The number of ketones is 1. The number of carbonyl (C=O) groups excluding carboxylic acids is 1. The van der Waals surface area contributed by atoms with Gasteiger partial charge in [0.05, 0.1) is 6.54 Å². The van der Waals surface area contributed by atoms with Crippen LogP contribution in [0.1, 0.15) is 26.2 Å². The number of hydrogen-bond donors (Lipinski definition) is 0. The monoisotopic (exact) mass is 209 g/mol. The van der Waals surface area contributed by atoms with Crippen molar-refractivity contribution < 1.29 is 18.0 Å². The quantitative estimate of drug-likeness (QED) is 0.708. The third-order valence-electron chi connectivity index (χ3n) is 2.40. The summed E-state index contributed by atoms with van der Waals surface area (Å²) in [4.78, 5) is 12.2. The number of Topliss-reactive ketones (excluding diaryl/α,β-unsaturated/α-hetero) is 1. The van der Waals surface area contributed by atoms with E-state index in [0.717, 1.165) is 6.42 Å². The molecule has 1 aliphatic heterocycles. The van der Waals surface area contributed by atoms with Gasteiger partial charge >= 0.3 is 6.18 Å². The number of nitrogens with zero attached hydrogens (tertiary/aromatic N) is 1. The highest BCUT2D eigenvalue weighted by Gasteiger charge is 2.36. The molecule has 1 aliphatic rings. The van der Waals surface area contributed by atoms with Gasteiger partial charge in [-0.25, -0.2) is 0 Å². The number of rotatable bonds is 3. The fraction of sp³-hybridized carbons (Fsp3) is 0.889. The average molecular weight is 209 g/mol. The fourth-order valence-electron chi connectivity index (χ4n) is 1.90. The lowest BCUT2D eigenvalue weighted by atomic mass is 10.1. The van der Waals surface area contributed by atoms with Gasteiger partial charge in [0.1, 0.15) is 5.78 Å². The Morgan fingerprint density at radius 1 is 1.50 bits per heavy atom. The van der Waals surface area contributed by atoms with Crippen molar-refractivity contribution in [3.63, 3.8) is 0 Å². The SMILES string of the molecule is CC(=O)CC1CCCN1CC(F)(F)F. The molecule has 14 heavy (non-hydrogen) atoms. The van der Waals surface area contributed by atoms with Gasteiger partial charge in [0.25, 0.3) is 0 Å². The van der Waals surface area contributed by atoms with Gasteiger partial charge in [-0.3, -0.25) is 9.69 Å². The number of halogens is 3. The average Bonchev–Trinajstić information content (AvgIpc) is 2.32. The molecule has 5 heteroatoms. The number of likely N-dealkylation sites (tertiary alicyclic amines) is 1. The van der Waals surface area contributed by atoms with Crippen molar-refractivity contribution in [3.05, 3.63) is 0 Å². The molecule has 0 aromatic carbocycles. The van der Waals surface area contributed by atoms with E-state index in [-0.39, 0.29) is 18.2 Å². The van der Waals surface area contributed by atoms with Crippen molar-refractivity contribution in [1.82, 2.24) is 4.90 Å². The molecular weight excluding hydrogens is 195 g/mol. The van der Waals surface area contributed by atoms with Crippen LogP contribution in [0.15, 0.2) is 0 Å². The Morgan fingerprint density at radius 2 is 2.14 bits per heavy atom. The molecule has 1 fully saturated rings. The summed E-state index contributed by atoms with van der Waals surface area (Å²) in [5.41, 5.74) is 0. The third-order valence-corrected chi connectivity index (χ3v) is 2.40. The van der Waals surface area contributed by atoms with Gasteiger partial charge in [-0.15, -0.1) is 0 Å². The molecule has 0 aromatic rings. The second-order valence-corrected chi connectivity index (χ2v) is 3.79. The molecule has 0 aromatic heterocycles. The normalized spacial score (nSPS) is 24.1. The van der Waals surface area contributed by atoms with E-state index in [1.54, 1.807) is 0 Å². The Hall–Kier alpha value is -0.580. The summed E-state index contributed by atoms with van der Waals surface area (Å²) in [6, 6.07) is -0.200. The zero-order valence-corrected chi connectivity index (χ0v) is 8.10. The van der Waals surface area contributed by atoms with Crippen LogP contribution in [0.3, 0.4) is 0 Å². The van der Waals surface area contributed by atoms with E-state index in [0.29, 0.717) is 13.0 Å². The molecule has 1 atom stereocenters. The zero-order chi connectivity index (χ0) is 10.8. The van der Waals surface area contributed by atoms with E-state index in [1.807, 2.05) is 0 Å². The van der Waals surface area contributed by atoms with Crippen LogP contribution in [0.25, 0.3) is 0 Å². The molecule has 0 aliphatic carbocycles. The van der Waals surface area contributed by atoms with E-state index in [1.165, 1.54) is 11.8 Å². The topological polar surface area (TPSA) is 20.3 Å². The Balaban J connectivity index is 2.47. The summed E-state index contributed by atoms with van der Waals surface area (Å²) in [5.74, 6) is -0.0379. The largest absolute Gasteiger partial charge is 0.401 e. The van der Waals surface area contributed by atoms with Crippen molar-refractivity contribution in [2.75, 3.05) is 13.1 Å². The van der Waals surface area contributed by atoms with Crippen molar-refractivity contribution in [1.29, 1.82) is 0 Å². The van der Waals surface area contributed by atoms with Crippen molar-refractivity contribution in [2.24, 2.45) is 0 Å². The lowest BCUT2D eigenvalue weighted by molar-refractivity contribution is -0.148. The minimum atomic E-state index is -4.15. The Kier molecular flexibility index (Phi) is 3.53. The van der Waals surface area contributed by atoms with Gasteiger partial charge in [0.2, 0.25) is 0 Å². The summed E-state index contributed by atoms with van der Waals surface area (Å²) in [6.45, 7) is 0.993. The van der Waals surface area contributed by atoms with Crippen LogP contribution < -0.4 is 0 Å². The summed E-state index contributed by atoms with van der Waals surface area (Å²) >= 11 is 0. The molecular formula is C9H14F3NO. The molecule has 1 unspecified atom stereocenters. The maximum Gasteiger partial charge on any atom is 0.401 e. The maximum absolute atomic E-state index is 12.1. The van der Waals surface area contributed by atoms with Crippen LogP contribution in [-0.4, -0.2) is 36.0 Å². The van der Waals surface area contributed by atoms with Gasteiger partial charge in [0.15, 0.2) is 0 Å². The smallest absolute Gasteiger partial charge is 0.300 e. The van der Waals surface area contributed by atoms with Crippen LogP contribution in [0.4, 0.5) is 13.2 Å². The van der Waals surface area contributed by atoms with Gasteiger partial charge in [-0.1, -0.05) is 0 Å². The van der Waals surface area contributed by atoms with E-state index >= 15 is 0 Å². The first kappa shape index (κ1) is 11.5. The van der Waals surface area contributed by atoms with Crippen molar-refractivity contribution in [2.45, 2.75) is 38.4 Å². The molecule has 2 nitrogen and oxygen atoms in total. The first-order valence-corrected chi connectivity index (χ1v) is 4.69. The summed E-state index contributed by atoms with van der Waals surface area (Å²) in [5, 5.41) is 0. The first-order chi connectivity index (χ1) is 6.38. The lowest BCUT2D eigenvalue weighted by Crippen LogP contribution is -2.38. The molecule has 1 heterocycles. The van der Waals surface area contributed by atoms with Crippen LogP contribution in [-0.2, 0) is 4.79 Å². The summed E-state index contributed by atoms with van der Waals surface area (Å²) < 4.78 is 36.3. The Labute approximate surface area is 81.1 Å². The van der Waals surface area contributed by atoms with Crippen molar-refractivity contribution >= 4 is 5.78 Å². The molecule has 0 N–H and O–H groups in total. The predicted molar refractivity (Wildman–Crippen MR) is 45.9 cm³/mol. The van der Waals surface area contributed by atoms with Crippen molar-refractivity contribution in [3.8, 4) is 0 Å². The fourth-order valence-corrected chi connectivity index (χ4v) is 1.90. The highest BCUT2D eigenvalue weighted by Crippen LogP contribution is 2.25. The molecule has 0 saturated carbocycles. The third kappa shape index (κ3) is 3.65. The van der Waals surface area contributed by atoms with E-state index in [2.05, 4.69) is 0 Å². The van der Waals surface area contributed by atoms with Gasteiger partial charge in [0, 0.05) is 12.5 Å². The van der Waals surface area contributed by atoms with Gasteiger partial charge < -0.3 is 0 Å². The van der Waals surface area contributed by atoms with Gasteiger partial charge in [-0.05, 0) is 26.3 Å². The standard InChI is InChI=1S/C9H14F3NO/c1-7(14)5-8-3-2-4-13(8)6-9(10,11)12/h8H,2-6H2,1H3. The molecule has 1 saturated heterocycles. The maximum atomic E-state index is 12.1. The zero-order valence-electron chi connectivity index (χ0n) is 8.10. The number of carbonyl (C=O) groups is 1. The molecule has 0 amide bonds. The van der Waals surface area contributed by atoms with Crippen LogP contribution >= 0.6 is 0 Å². The summed E-state index contributed by atoms with van der Waals surface area (Å²) in [6.07, 6.45) is -2.45. The van der Waals surface area contributed by atoms with Crippen LogP contribution in [0.2, 0.25) is 0 Å². The highest BCUT2D eigenvalue weighted by atomic mass is 19.4. The van der Waals surface area contributed by atoms with Crippen LogP contribution in [0.5, 0.6) is 0 Å². The minimum Gasteiger partial charge on any atom is -0.300 e. The molecule has 0 spiro atoms. The van der Waals surface area contributed by atoms with Crippen LogP contribution in [0, 0.1) is 0 Å². The Morgan fingerprint density at radius 3 is 2.64 bits per heavy atom. The molecule has 0 radical (unpaired) electrons. The van der Waals surface area contributed by atoms with E-state index in [9.17, 15) is 18.0 Å². The van der Waals surface area contributed by atoms with Gasteiger partial charge in [-0.2, -0.15) is 13.2 Å². The summed E-state index contributed by atoms with van der Waals surface area (Å²) in [7, 11) is 0. The predicted octanol–water partition coefficient (Wildman–Crippen LogP) is 1.99. The lowest BCUT2D eigenvalue weighted by Gasteiger charge is -2.24. The molecule has 0 bridgehead atoms. The van der Waals surface area contributed by atoms with E-state index in [4.69, 9.17) is 0 Å². The number of hydrogen-bond acceptors (Lipinski definition) is 2. The second kappa shape index (κ2) is 4.29. The number of alkyl halides is 3. The first-order valence-electron chi connectivity index (χ1n) is 4.69. The Bertz CT molecular complexity index is 215. The minimum absolute atomic E-state index is 0.0379. The highest BCUT2D eigenvalue weighted by molar-refractivity contribution is 5.76. The second-order valence-electron chi connectivity index (χ2n) is 3.79.